The van der Waals surface area contributed by atoms with Crippen LogP contribution < -0.4 is 16.0 Å². The van der Waals surface area contributed by atoms with E-state index in [-0.39, 0.29) is 35.4 Å². The van der Waals surface area contributed by atoms with Gasteiger partial charge in [0.1, 0.15) is 0 Å². The summed E-state index contributed by atoms with van der Waals surface area (Å²) in [6, 6.07) is 0.531. The van der Waals surface area contributed by atoms with E-state index in [1.54, 1.807) is 20.8 Å². The quantitative estimate of drug-likeness (QED) is 0.0742. The lowest BCUT2D eigenvalue weighted by Crippen LogP contribution is -2.50. The molecular formula is C29H34F9N7O2. The Hall–Kier alpha value is -4.09. The smallest absolute Gasteiger partial charge is 0.416 e. The maximum absolute atomic E-state index is 13.9. The van der Waals surface area contributed by atoms with Gasteiger partial charge in [-0.25, -0.2) is 4.79 Å². The zero-order valence-electron chi connectivity index (χ0n) is 25.8. The summed E-state index contributed by atoms with van der Waals surface area (Å²) in [6.07, 6.45) is -16.4. The number of carbonyl (C=O) groups is 1. The molecular weight excluding hydrogens is 649 g/mol. The zero-order chi connectivity index (χ0) is 35.5. The van der Waals surface area contributed by atoms with Crippen molar-refractivity contribution >= 4 is 17.7 Å². The van der Waals surface area contributed by atoms with Crippen molar-refractivity contribution in [2.45, 2.75) is 76.9 Å². The first kappa shape index (κ1) is 37.4. The number of hydrogen-bond acceptors (Lipinski definition) is 5. The Morgan fingerprint density at radius 1 is 1.13 bits per heavy atom. The molecule has 3 N–H and O–H groups in total. The molecule has 2 heterocycles. The molecule has 0 saturated carbocycles. The molecule has 9 nitrogen and oxygen atoms in total. The van der Waals surface area contributed by atoms with E-state index in [4.69, 9.17) is 10.5 Å². The van der Waals surface area contributed by atoms with Crippen LogP contribution in [0.3, 0.4) is 0 Å². The number of ether oxygens (including phenoxy) is 1. The van der Waals surface area contributed by atoms with Gasteiger partial charge in [0.15, 0.2) is 0 Å². The SMILES string of the molecule is C=C(/C=C(\C=C(/C)CN(/C(N)=N/N=NC1CNC1)[C@H]1CC(C)N(C(=O)OC(C)C)c2ccc(C(F)(F)F)cc21)C(F)(F)F)C(F)(F)F. The minimum Gasteiger partial charge on any atom is -0.446 e. The van der Waals surface area contributed by atoms with Crippen LogP contribution in [-0.4, -0.2) is 67.1 Å². The number of nitrogens with zero attached hydrogens (tertiary/aromatic N) is 5. The fraction of sp³-hybridized carbons (Fsp3) is 0.517. The number of nitrogens with two attached hydrogens (primary N) is 1. The largest absolute Gasteiger partial charge is 0.446 e. The first-order valence-electron chi connectivity index (χ1n) is 14.2. The summed E-state index contributed by atoms with van der Waals surface area (Å²) in [4.78, 5) is 15.4. The van der Waals surface area contributed by atoms with E-state index >= 15 is 0 Å². The van der Waals surface area contributed by atoms with Gasteiger partial charge in [-0.05, 0) is 75.3 Å². The molecule has 0 aromatic heterocycles. The van der Waals surface area contributed by atoms with Crippen molar-refractivity contribution < 1.29 is 49.0 Å². The van der Waals surface area contributed by atoms with Crippen molar-refractivity contribution in [1.29, 1.82) is 0 Å². The van der Waals surface area contributed by atoms with Crippen molar-refractivity contribution in [3.63, 3.8) is 0 Å². The Labute approximate surface area is 264 Å². The Morgan fingerprint density at radius 2 is 1.77 bits per heavy atom. The van der Waals surface area contributed by atoms with Gasteiger partial charge < -0.3 is 20.7 Å². The summed E-state index contributed by atoms with van der Waals surface area (Å²) in [5.41, 5.74) is 1.48. The summed E-state index contributed by atoms with van der Waals surface area (Å²) in [6.45, 7) is 9.03. The third kappa shape index (κ3) is 9.71. The van der Waals surface area contributed by atoms with Gasteiger partial charge in [-0.15, -0.1) is 0 Å². The molecule has 1 aromatic carbocycles. The number of nitrogens with one attached hydrogen (secondary N) is 1. The van der Waals surface area contributed by atoms with Crippen LogP contribution in [0.25, 0.3) is 0 Å². The molecule has 47 heavy (non-hydrogen) atoms. The molecule has 0 aliphatic carbocycles. The molecule has 1 fully saturated rings. The predicted molar refractivity (Wildman–Crippen MR) is 155 cm³/mol. The zero-order valence-corrected chi connectivity index (χ0v) is 25.8. The van der Waals surface area contributed by atoms with E-state index in [1.807, 2.05) is 0 Å². The second-order valence-electron chi connectivity index (χ2n) is 11.4. The van der Waals surface area contributed by atoms with Gasteiger partial charge in [0.2, 0.25) is 5.96 Å². The number of halogens is 9. The van der Waals surface area contributed by atoms with Gasteiger partial charge in [0.05, 0.1) is 35.0 Å². The number of hydrogen-bond donors (Lipinski definition) is 2. The predicted octanol–water partition coefficient (Wildman–Crippen LogP) is 7.40. The van der Waals surface area contributed by atoms with E-state index in [0.29, 0.717) is 19.2 Å². The van der Waals surface area contributed by atoms with Crippen molar-refractivity contribution in [2.75, 3.05) is 24.5 Å². The monoisotopic (exact) mass is 683 g/mol. The Balaban J connectivity index is 2.18. The number of guanidine groups is 1. The number of anilines is 1. The number of benzene rings is 1. The van der Waals surface area contributed by atoms with Crippen LogP contribution in [0.15, 0.2) is 69.1 Å². The first-order valence-corrected chi connectivity index (χ1v) is 14.2. The minimum absolute atomic E-state index is 0.0198. The lowest BCUT2D eigenvalue weighted by atomic mass is 9.89. The van der Waals surface area contributed by atoms with E-state index in [0.717, 1.165) is 28.0 Å². The molecule has 1 aromatic rings. The van der Waals surface area contributed by atoms with E-state index in [1.165, 1.54) is 6.92 Å². The molecule has 0 radical (unpaired) electrons. The second-order valence-corrected chi connectivity index (χ2v) is 11.4. The minimum atomic E-state index is -5.23. The molecule has 2 aliphatic heterocycles. The Bertz CT molecular complexity index is 1440. The van der Waals surface area contributed by atoms with Crippen molar-refractivity contribution in [3.8, 4) is 0 Å². The number of fused-ring (bicyclic) bond motifs is 1. The summed E-state index contributed by atoms with van der Waals surface area (Å²) >= 11 is 0. The summed E-state index contributed by atoms with van der Waals surface area (Å²) in [5.74, 6) is -0.454. The summed E-state index contributed by atoms with van der Waals surface area (Å²) in [7, 11) is 0. The number of rotatable bonds is 8. The topological polar surface area (TPSA) is 108 Å². The van der Waals surface area contributed by atoms with Crippen LogP contribution in [0.2, 0.25) is 0 Å². The summed E-state index contributed by atoms with van der Waals surface area (Å²) < 4.78 is 127. The number of carbonyl (C=O) groups excluding carboxylic acids is 1. The van der Waals surface area contributed by atoms with Crippen molar-refractivity contribution in [2.24, 2.45) is 21.2 Å². The highest BCUT2D eigenvalue weighted by atomic mass is 19.4. The first-order chi connectivity index (χ1) is 21.6. The van der Waals surface area contributed by atoms with E-state index in [9.17, 15) is 44.3 Å². The van der Waals surface area contributed by atoms with Crippen LogP contribution in [-0.2, 0) is 10.9 Å². The number of allylic oxidation sites excluding steroid dienone is 4. The fourth-order valence-corrected chi connectivity index (χ4v) is 4.80. The molecule has 260 valence electrons. The highest BCUT2D eigenvalue weighted by Gasteiger charge is 2.41. The molecule has 1 amide bonds. The van der Waals surface area contributed by atoms with Crippen LogP contribution >= 0.6 is 0 Å². The average molecular weight is 684 g/mol. The van der Waals surface area contributed by atoms with Crippen LogP contribution in [0.5, 0.6) is 0 Å². The van der Waals surface area contributed by atoms with Crippen LogP contribution in [0.4, 0.5) is 50.0 Å². The number of amides is 1. The normalized spacial score (nSPS) is 20.4. The van der Waals surface area contributed by atoms with Crippen molar-refractivity contribution in [1.82, 2.24) is 10.2 Å². The Morgan fingerprint density at radius 3 is 2.28 bits per heavy atom. The molecule has 0 bridgehead atoms. The standard InChI is InChI=1S/C29H34F9N7O2/c1-15(2)47-26(46)45-18(5)10-24(22-11-19(28(33,34)35)6-7-23(22)45)44(25(39)42-43-41-21-12-40-13-21)14-16(3)8-20(29(36,37)38)9-17(4)27(30,31)32/h6-9,11,15,18,21,24,40H,4,10,12-14H2,1-3,5H3,(H2,39,41,42)/b16-8+,20-9+/t18?,24-/m0/s1. The van der Waals surface area contributed by atoms with Gasteiger partial charge in [-0.2, -0.15) is 44.6 Å². The fourth-order valence-electron chi connectivity index (χ4n) is 4.80. The molecule has 2 atom stereocenters. The van der Waals surface area contributed by atoms with Gasteiger partial charge >= 0.3 is 24.6 Å². The average Bonchev–Trinajstić information content (AvgIpc) is 2.89. The lowest BCUT2D eigenvalue weighted by Gasteiger charge is -2.43. The third-order valence-electron chi connectivity index (χ3n) is 7.15. The lowest BCUT2D eigenvalue weighted by molar-refractivity contribution is -0.137. The molecule has 18 heteroatoms. The van der Waals surface area contributed by atoms with Gasteiger partial charge in [0, 0.05) is 31.2 Å². The van der Waals surface area contributed by atoms with Crippen molar-refractivity contribution in [3.05, 3.63) is 64.8 Å². The maximum Gasteiger partial charge on any atom is 0.416 e. The van der Waals surface area contributed by atoms with Crippen LogP contribution in [0.1, 0.15) is 51.3 Å². The molecule has 1 saturated heterocycles. The highest BCUT2D eigenvalue weighted by molar-refractivity contribution is 5.91. The highest BCUT2D eigenvalue weighted by Crippen LogP contribution is 2.44. The molecule has 1 unspecified atom stereocenters. The Kier molecular flexibility index (Phi) is 11.4. The van der Waals surface area contributed by atoms with Gasteiger partial charge in [0.25, 0.3) is 0 Å². The number of alkyl halides is 9. The van der Waals surface area contributed by atoms with Gasteiger partial charge in [-0.3, -0.25) is 4.90 Å². The molecule has 2 aliphatic rings. The third-order valence-corrected chi connectivity index (χ3v) is 7.15. The van der Waals surface area contributed by atoms with Crippen LogP contribution in [0, 0.1) is 0 Å². The molecule has 3 rings (SSSR count). The van der Waals surface area contributed by atoms with E-state index < -0.39 is 72.0 Å². The maximum atomic E-state index is 13.9. The van der Waals surface area contributed by atoms with E-state index in [2.05, 4.69) is 27.3 Å². The van der Waals surface area contributed by atoms with Gasteiger partial charge in [-0.1, -0.05) is 17.3 Å². The summed E-state index contributed by atoms with van der Waals surface area (Å²) in [5, 5.41) is 14.4. The molecule has 0 spiro atoms. The second kappa shape index (κ2) is 14.4.